The summed E-state index contributed by atoms with van der Waals surface area (Å²) in [6.45, 7) is 3.76. The first-order valence-corrected chi connectivity index (χ1v) is 9.46. The van der Waals surface area contributed by atoms with Crippen molar-refractivity contribution in [1.29, 1.82) is 0 Å². The number of esters is 1. The first-order chi connectivity index (χ1) is 13.0. The Morgan fingerprint density at radius 1 is 1.19 bits per heavy atom. The fraction of sp³-hybridized carbons (Fsp3) is 0.550. The first-order valence-electron chi connectivity index (χ1n) is 9.46. The second-order valence-corrected chi connectivity index (χ2v) is 7.14. The van der Waals surface area contributed by atoms with Crippen molar-refractivity contribution < 1.29 is 23.9 Å². The van der Waals surface area contributed by atoms with Gasteiger partial charge in [0.1, 0.15) is 12.3 Å². The van der Waals surface area contributed by atoms with E-state index in [0.717, 1.165) is 19.3 Å². The monoisotopic (exact) mass is 374 g/mol. The summed E-state index contributed by atoms with van der Waals surface area (Å²) in [5.74, 6) is -0.440. The predicted octanol–water partition coefficient (Wildman–Crippen LogP) is 2.13. The number of carbonyl (C=O) groups is 3. The highest BCUT2D eigenvalue weighted by molar-refractivity contribution is 5.99. The summed E-state index contributed by atoms with van der Waals surface area (Å²) in [6, 6.07) is 7.38. The van der Waals surface area contributed by atoms with E-state index in [1.807, 2.05) is 19.9 Å². The van der Waals surface area contributed by atoms with E-state index in [1.54, 1.807) is 23.1 Å². The molecule has 2 heterocycles. The van der Waals surface area contributed by atoms with E-state index in [-0.39, 0.29) is 50.1 Å². The van der Waals surface area contributed by atoms with Crippen molar-refractivity contribution in [3.63, 3.8) is 0 Å². The van der Waals surface area contributed by atoms with Gasteiger partial charge in [0.05, 0.1) is 18.7 Å². The van der Waals surface area contributed by atoms with Crippen molar-refractivity contribution in [2.24, 2.45) is 0 Å². The van der Waals surface area contributed by atoms with Gasteiger partial charge in [-0.1, -0.05) is 12.1 Å². The zero-order valence-electron chi connectivity index (χ0n) is 15.8. The van der Waals surface area contributed by atoms with Gasteiger partial charge in [0, 0.05) is 12.1 Å². The molecule has 2 amide bonds. The Hall–Kier alpha value is -2.57. The molecular formula is C20H26N2O5. The molecule has 0 aromatic heterocycles. The third-order valence-corrected chi connectivity index (χ3v) is 5.16. The van der Waals surface area contributed by atoms with E-state index >= 15 is 0 Å². The smallest absolute Gasteiger partial charge is 0.326 e. The van der Waals surface area contributed by atoms with Crippen LogP contribution in [-0.4, -0.2) is 54.5 Å². The van der Waals surface area contributed by atoms with E-state index in [1.165, 1.54) is 4.90 Å². The molecule has 3 rings (SSSR count). The number of amides is 2. The van der Waals surface area contributed by atoms with Crippen LogP contribution in [-0.2, 0) is 19.1 Å². The summed E-state index contributed by atoms with van der Waals surface area (Å²) < 4.78 is 10.8. The van der Waals surface area contributed by atoms with Crippen LogP contribution >= 0.6 is 0 Å². The summed E-state index contributed by atoms with van der Waals surface area (Å²) >= 11 is 0. The SMILES string of the molecule is C[C@@H]1CCC[C@@H](C)N1C(=O)COC(=O)CN1C(=O)CCOc2ccccc21. The number of benzene rings is 1. The zero-order chi connectivity index (χ0) is 19.4. The summed E-state index contributed by atoms with van der Waals surface area (Å²) in [5, 5.41) is 0. The van der Waals surface area contributed by atoms with Gasteiger partial charge in [-0.15, -0.1) is 0 Å². The Kier molecular flexibility index (Phi) is 5.98. The van der Waals surface area contributed by atoms with Gasteiger partial charge in [-0.05, 0) is 45.2 Å². The third-order valence-electron chi connectivity index (χ3n) is 5.16. The van der Waals surface area contributed by atoms with Crippen molar-refractivity contribution in [2.45, 2.75) is 51.6 Å². The molecule has 0 saturated carbocycles. The van der Waals surface area contributed by atoms with Gasteiger partial charge in [0.15, 0.2) is 6.61 Å². The summed E-state index contributed by atoms with van der Waals surface area (Å²) in [6.07, 6.45) is 3.21. The molecule has 27 heavy (non-hydrogen) atoms. The molecular weight excluding hydrogens is 348 g/mol. The number of nitrogens with zero attached hydrogens (tertiary/aromatic N) is 2. The molecule has 0 spiro atoms. The number of fused-ring (bicyclic) bond motifs is 1. The van der Waals surface area contributed by atoms with Gasteiger partial charge in [-0.2, -0.15) is 0 Å². The molecule has 0 N–H and O–H groups in total. The lowest BCUT2D eigenvalue weighted by Crippen LogP contribution is -2.49. The lowest BCUT2D eigenvalue weighted by Gasteiger charge is -2.38. The second-order valence-electron chi connectivity index (χ2n) is 7.14. The first kappa shape index (κ1) is 19.2. The van der Waals surface area contributed by atoms with Crippen LogP contribution in [0.25, 0.3) is 0 Å². The van der Waals surface area contributed by atoms with E-state index < -0.39 is 5.97 Å². The number of likely N-dealkylation sites (tertiary alicyclic amines) is 1. The minimum Gasteiger partial charge on any atom is -0.491 e. The highest BCUT2D eigenvalue weighted by Gasteiger charge is 2.30. The Labute approximate surface area is 159 Å². The topological polar surface area (TPSA) is 76.2 Å². The number of piperidine rings is 1. The number of para-hydroxylation sites is 2. The molecule has 146 valence electrons. The van der Waals surface area contributed by atoms with Crippen LogP contribution in [0.5, 0.6) is 5.75 Å². The predicted molar refractivity (Wildman–Crippen MR) is 99.5 cm³/mol. The fourth-order valence-corrected chi connectivity index (χ4v) is 3.80. The van der Waals surface area contributed by atoms with Crippen LogP contribution in [0.15, 0.2) is 24.3 Å². The van der Waals surface area contributed by atoms with Crippen molar-refractivity contribution in [2.75, 3.05) is 24.7 Å². The lowest BCUT2D eigenvalue weighted by molar-refractivity contribution is -0.154. The number of hydrogen-bond donors (Lipinski definition) is 0. The molecule has 7 nitrogen and oxygen atoms in total. The van der Waals surface area contributed by atoms with E-state index in [9.17, 15) is 14.4 Å². The molecule has 1 aromatic rings. The van der Waals surface area contributed by atoms with Crippen LogP contribution in [0.4, 0.5) is 5.69 Å². The molecule has 1 saturated heterocycles. The Bertz CT molecular complexity index is 710. The lowest BCUT2D eigenvalue weighted by atomic mass is 9.97. The molecule has 7 heteroatoms. The van der Waals surface area contributed by atoms with Gasteiger partial charge in [0.2, 0.25) is 5.91 Å². The average molecular weight is 374 g/mol. The molecule has 0 radical (unpaired) electrons. The largest absolute Gasteiger partial charge is 0.491 e. The summed E-state index contributed by atoms with van der Waals surface area (Å²) in [4.78, 5) is 40.3. The Morgan fingerprint density at radius 3 is 2.63 bits per heavy atom. The standard InChI is InChI=1S/C20H26N2O5/c1-14-6-5-7-15(2)22(14)19(24)13-27-20(25)12-21-16-8-3-4-9-17(16)26-11-10-18(21)23/h3-4,8-9,14-15H,5-7,10-13H2,1-2H3/t14-,15-/m1/s1. The summed E-state index contributed by atoms with van der Waals surface area (Å²) in [5.41, 5.74) is 0.543. The number of ether oxygens (including phenoxy) is 2. The minimum atomic E-state index is -0.606. The highest BCUT2D eigenvalue weighted by atomic mass is 16.5. The van der Waals surface area contributed by atoms with Gasteiger partial charge < -0.3 is 14.4 Å². The molecule has 1 aromatic carbocycles. The van der Waals surface area contributed by atoms with Crippen LogP contribution in [0.3, 0.4) is 0 Å². The van der Waals surface area contributed by atoms with Crippen molar-refractivity contribution in [1.82, 2.24) is 4.90 Å². The van der Waals surface area contributed by atoms with Crippen LogP contribution in [0.1, 0.15) is 39.5 Å². The quantitative estimate of drug-likeness (QED) is 0.755. The van der Waals surface area contributed by atoms with E-state index in [0.29, 0.717) is 11.4 Å². The maximum atomic E-state index is 12.5. The Balaban J connectivity index is 1.60. The molecule has 2 aliphatic rings. The van der Waals surface area contributed by atoms with Crippen LogP contribution < -0.4 is 9.64 Å². The molecule has 2 atom stereocenters. The second kappa shape index (κ2) is 8.41. The van der Waals surface area contributed by atoms with Crippen molar-refractivity contribution >= 4 is 23.5 Å². The van der Waals surface area contributed by atoms with Gasteiger partial charge in [-0.25, -0.2) is 0 Å². The van der Waals surface area contributed by atoms with E-state index in [4.69, 9.17) is 9.47 Å². The van der Waals surface area contributed by atoms with Gasteiger partial charge in [0.25, 0.3) is 5.91 Å². The normalized spacial score (nSPS) is 22.5. The number of hydrogen-bond acceptors (Lipinski definition) is 5. The fourth-order valence-electron chi connectivity index (χ4n) is 3.80. The molecule has 1 fully saturated rings. The maximum absolute atomic E-state index is 12.5. The van der Waals surface area contributed by atoms with Gasteiger partial charge >= 0.3 is 5.97 Å². The summed E-state index contributed by atoms with van der Waals surface area (Å²) in [7, 11) is 0. The highest BCUT2D eigenvalue weighted by Crippen LogP contribution is 2.30. The minimum absolute atomic E-state index is 0.149. The molecule has 0 bridgehead atoms. The molecule has 2 aliphatic heterocycles. The number of rotatable bonds is 4. The van der Waals surface area contributed by atoms with Crippen LogP contribution in [0, 0.1) is 0 Å². The number of carbonyl (C=O) groups excluding carboxylic acids is 3. The third kappa shape index (κ3) is 4.40. The van der Waals surface area contributed by atoms with E-state index in [2.05, 4.69) is 0 Å². The molecule has 0 aliphatic carbocycles. The maximum Gasteiger partial charge on any atom is 0.326 e. The Morgan fingerprint density at radius 2 is 1.89 bits per heavy atom. The molecule has 0 unspecified atom stereocenters. The zero-order valence-corrected chi connectivity index (χ0v) is 15.8. The van der Waals surface area contributed by atoms with Crippen molar-refractivity contribution in [3.05, 3.63) is 24.3 Å². The number of anilines is 1. The average Bonchev–Trinajstić information content (AvgIpc) is 2.79. The van der Waals surface area contributed by atoms with Crippen LogP contribution in [0.2, 0.25) is 0 Å². The van der Waals surface area contributed by atoms with Gasteiger partial charge in [-0.3, -0.25) is 19.3 Å². The van der Waals surface area contributed by atoms with Crippen molar-refractivity contribution in [3.8, 4) is 5.75 Å².